The van der Waals surface area contributed by atoms with Crippen LogP contribution >= 0.6 is 0 Å². The SMILES string of the molecule is CN=C(NCCOc1cccc(NC(C)=O)c1)N1CCN(c2ccccn2)CC1. The summed E-state index contributed by atoms with van der Waals surface area (Å²) in [5.41, 5.74) is 0.726. The van der Waals surface area contributed by atoms with Crippen LogP contribution in [-0.2, 0) is 4.79 Å². The molecule has 1 aromatic carbocycles. The normalized spacial score (nSPS) is 14.5. The number of nitrogens with one attached hydrogen (secondary N) is 2. The summed E-state index contributed by atoms with van der Waals surface area (Å²) in [4.78, 5) is 24.5. The van der Waals surface area contributed by atoms with Crippen LogP contribution in [0.4, 0.5) is 11.5 Å². The van der Waals surface area contributed by atoms with E-state index in [1.165, 1.54) is 6.92 Å². The Morgan fingerprint density at radius 2 is 2.00 bits per heavy atom. The summed E-state index contributed by atoms with van der Waals surface area (Å²) >= 11 is 0. The highest BCUT2D eigenvalue weighted by molar-refractivity contribution is 5.88. The van der Waals surface area contributed by atoms with Crippen LogP contribution in [0.25, 0.3) is 0 Å². The lowest BCUT2D eigenvalue weighted by Gasteiger charge is -2.37. The first kappa shape index (κ1) is 20.4. The number of ether oxygens (including phenoxy) is 1. The van der Waals surface area contributed by atoms with E-state index in [0.29, 0.717) is 13.2 Å². The van der Waals surface area contributed by atoms with Gasteiger partial charge in [0.25, 0.3) is 0 Å². The van der Waals surface area contributed by atoms with Crippen molar-refractivity contribution in [1.82, 2.24) is 15.2 Å². The largest absolute Gasteiger partial charge is 0.492 e. The number of anilines is 2. The number of amides is 1. The fraction of sp³-hybridized carbons (Fsp3) is 0.381. The molecule has 1 fully saturated rings. The lowest BCUT2D eigenvalue weighted by atomic mass is 10.3. The van der Waals surface area contributed by atoms with Crippen LogP contribution in [0.1, 0.15) is 6.92 Å². The predicted molar refractivity (Wildman–Crippen MR) is 116 cm³/mol. The van der Waals surface area contributed by atoms with Crippen LogP contribution in [0.2, 0.25) is 0 Å². The Bertz CT molecular complexity index is 819. The van der Waals surface area contributed by atoms with Crippen LogP contribution in [-0.4, -0.2) is 68.1 Å². The van der Waals surface area contributed by atoms with Crippen LogP contribution in [0.15, 0.2) is 53.7 Å². The minimum absolute atomic E-state index is 0.101. The zero-order valence-electron chi connectivity index (χ0n) is 17.0. The Hall–Kier alpha value is -3.29. The Kier molecular flexibility index (Phi) is 7.27. The fourth-order valence-corrected chi connectivity index (χ4v) is 3.22. The van der Waals surface area contributed by atoms with E-state index < -0.39 is 0 Å². The number of hydrogen-bond donors (Lipinski definition) is 2. The topological polar surface area (TPSA) is 82.1 Å². The average molecular weight is 396 g/mol. The molecular weight excluding hydrogens is 368 g/mol. The molecule has 0 saturated carbocycles. The summed E-state index contributed by atoms with van der Waals surface area (Å²) in [6, 6.07) is 13.4. The number of rotatable bonds is 6. The second-order valence-electron chi connectivity index (χ2n) is 6.69. The fourth-order valence-electron chi connectivity index (χ4n) is 3.22. The first-order chi connectivity index (χ1) is 14.2. The van der Waals surface area contributed by atoms with Crippen molar-refractivity contribution in [3.8, 4) is 5.75 Å². The molecule has 0 atom stereocenters. The Balaban J connectivity index is 1.42. The Labute approximate surface area is 171 Å². The molecule has 1 aliphatic rings. The molecule has 2 aromatic rings. The third-order valence-corrected chi connectivity index (χ3v) is 4.57. The molecule has 8 heteroatoms. The molecule has 0 bridgehead atoms. The number of piperazine rings is 1. The highest BCUT2D eigenvalue weighted by atomic mass is 16.5. The van der Waals surface area contributed by atoms with Gasteiger partial charge in [-0.3, -0.25) is 9.79 Å². The highest BCUT2D eigenvalue weighted by Gasteiger charge is 2.20. The molecule has 0 spiro atoms. The van der Waals surface area contributed by atoms with Gasteiger partial charge in [-0.25, -0.2) is 4.98 Å². The molecule has 0 aliphatic carbocycles. The molecule has 29 heavy (non-hydrogen) atoms. The number of hydrogen-bond acceptors (Lipinski definition) is 5. The molecule has 3 rings (SSSR count). The van der Waals surface area contributed by atoms with Gasteiger partial charge < -0.3 is 25.2 Å². The van der Waals surface area contributed by atoms with Crippen molar-refractivity contribution in [2.45, 2.75) is 6.92 Å². The quantitative estimate of drug-likeness (QED) is 0.440. The van der Waals surface area contributed by atoms with Crippen molar-refractivity contribution in [3.63, 3.8) is 0 Å². The number of carbonyl (C=O) groups is 1. The molecule has 8 nitrogen and oxygen atoms in total. The van der Waals surface area contributed by atoms with Gasteiger partial charge in [-0.2, -0.15) is 0 Å². The number of carbonyl (C=O) groups excluding carboxylic acids is 1. The van der Waals surface area contributed by atoms with Crippen LogP contribution in [0.3, 0.4) is 0 Å². The number of guanidine groups is 1. The van der Waals surface area contributed by atoms with Gasteiger partial charge in [0, 0.05) is 58.1 Å². The van der Waals surface area contributed by atoms with Crippen molar-refractivity contribution < 1.29 is 9.53 Å². The Morgan fingerprint density at radius 3 is 2.69 bits per heavy atom. The maximum Gasteiger partial charge on any atom is 0.221 e. The van der Waals surface area contributed by atoms with Crippen LogP contribution in [0.5, 0.6) is 5.75 Å². The third-order valence-electron chi connectivity index (χ3n) is 4.57. The van der Waals surface area contributed by atoms with E-state index in [2.05, 4.69) is 30.4 Å². The second kappa shape index (κ2) is 10.3. The van der Waals surface area contributed by atoms with Gasteiger partial charge in [0.05, 0.1) is 6.54 Å². The second-order valence-corrected chi connectivity index (χ2v) is 6.69. The van der Waals surface area contributed by atoms with Gasteiger partial charge in [-0.05, 0) is 24.3 Å². The summed E-state index contributed by atoms with van der Waals surface area (Å²) in [6.07, 6.45) is 1.83. The Morgan fingerprint density at radius 1 is 1.17 bits per heavy atom. The van der Waals surface area contributed by atoms with Gasteiger partial charge >= 0.3 is 0 Å². The van der Waals surface area contributed by atoms with Crippen molar-refractivity contribution in [3.05, 3.63) is 48.7 Å². The lowest BCUT2D eigenvalue weighted by Crippen LogP contribution is -2.53. The summed E-state index contributed by atoms with van der Waals surface area (Å²) in [7, 11) is 1.80. The maximum absolute atomic E-state index is 11.2. The molecule has 1 amide bonds. The van der Waals surface area contributed by atoms with E-state index in [-0.39, 0.29) is 5.91 Å². The summed E-state index contributed by atoms with van der Waals surface area (Å²) < 4.78 is 5.78. The van der Waals surface area contributed by atoms with Gasteiger partial charge in [0.1, 0.15) is 18.2 Å². The molecule has 2 heterocycles. The smallest absolute Gasteiger partial charge is 0.221 e. The third kappa shape index (κ3) is 6.10. The summed E-state index contributed by atoms with van der Waals surface area (Å²) in [5.74, 6) is 2.51. The van der Waals surface area contributed by atoms with Crippen molar-refractivity contribution in [2.75, 3.05) is 56.6 Å². The van der Waals surface area contributed by atoms with E-state index in [0.717, 1.165) is 49.4 Å². The summed E-state index contributed by atoms with van der Waals surface area (Å²) in [6.45, 7) is 6.20. The van der Waals surface area contributed by atoms with E-state index in [1.807, 2.05) is 48.7 Å². The number of nitrogens with zero attached hydrogens (tertiary/aromatic N) is 4. The zero-order valence-corrected chi connectivity index (χ0v) is 17.0. The lowest BCUT2D eigenvalue weighted by molar-refractivity contribution is -0.114. The van der Waals surface area contributed by atoms with E-state index in [1.54, 1.807) is 7.05 Å². The van der Waals surface area contributed by atoms with Crippen molar-refractivity contribution >= 4 is 23.4 Å². The summed E-state index contributed by atoms with van der Waals surface area (Å²) in [5, 5.41) is 6.11. The van der Waals surface area contributed by atoms with E-state index in [9.17, 15) is 4.79 Å². The highest BCUT2D eigenvalue weighted by Crippen LogP contribution is 2.17. The molecule has 1 aromatic heterocycles. The number of benzene rings is 1. The zero-order chi connectivity index (χ0) is 20.5. The van der Waals surface area contributed by atoms with E-state index >= 15 is 0 Å². The van der Waals surface area contributed by atoms with Crippen molar-refractivity contribution in [2.24, 2.45) is 4.99 Å². The first-order valence-corrected chi connectivity index (χ1v) is 9.78. The van der Waals surface area contributed by atoms with E-state index in [4.69, 9.17) is 4.74 Å². The first-order valence-electron chi connectivity index (χ1n) is 9.78. The molecule has 0 unspecified atom stereocenters. The maximum atomic E-state index is 11.2. The van der Waals surface area contributed by atoms with Crippen molar-refractivity contribution in [1.29, 1.82) is 0 Å². The van der Waals surface area contributed by atoms with Gasteiger partial charge in [0.2, 0.25) is 5.91 Å². The number of aromatic nitrogens is 1. The van der Waals surface area contributed by atoms with Crippen LogP contribution < -0.4 is 20.3 Å². The van der Waals surface area contributed by atoms with Gasteiger partial charge in [-0.1, -0.05) is 12.1 Å². The standard InChI is InChI=1S/C21H28N6O2/c1-17(28)25-18-6-5-7-19(16-18)29-15-10-24-21(22-2)27-13-11-26(12-14-27)20-8-3-4-9-23-20/h3-9,16H,10-15H2,1-2H3,(H,22,24)(H,25,28). The molecule has 1 aliphatic heterocycles. The molecule has 2 N–H and O–H groups in total. The predicted octanol–water partition coefficient (Wildman–Crippen LogP) is 1.82. The van der Waals surface area contributed by atoms with Crippen LogP contribution in [0, 0.1) is 0 Å². The van der Waals surface area contributed by atoms with Gasteiger partial charge in [-0.15, -0.1) is 0 Å². The monoisotopic (exact) mass is 396 g/mol. The minimum Gasteiger partial charge on any atom is -0.492 e. The minimum atomic E-state index is -0.101. The number of pyridine rings is 1. The molecular formula is C21H28N6O2. The van der Waals surface area contributed by atoms with Gasteiger partial charge in [0.15, 0.2) is 5.96 Å². The number of aliphatic imine (C=N–C) groups is 1. The molecule has 0 radical (unpaired) electrons. The average Bonchev–Trinajstić information content (AvgIpc) is 2.74. The molecule has 154 valence electrons. The molecule has 1 saturated heterocycles.